The zero-order valence-electron chi connectivity index (χ0n) is 11.4. The number of rotatable bonds is 6. The standard InChI is InChI=1S/C12H22N4OS/c1-5-8(7(3)4)15-11(17)9-10(13)16-12(18-9)14-6-2/h7-8H,5-6,13H2,1-4H3,(H,14,16)(H,15,17). The van der Waals surface area contributed by atoms with Gasteiger partial charge < -0.3 is 16.4 Å². The van der Waals surface area contributed by atoms with Gasteiger partial charge in [0.05, 0.1) is 0 Å². The molecular formula is C12H22N4OS. The quantitative estimate of drug-likeness (QED) is 0.741. The first-order valence-corrected chi connectivity index (χ1v) is 7.12. The highest BCUT2D eigenvalue weighted by molar-refractivity contribution is 7.18. The van der Waals surface area contributed by atoms with Crippen molar-refractivity contribution in [2.24, 2.45) is 5.92 Å². The van der Waals surface area contributed by atoms with Crippen LogP contribution in [0, 0.1) is 5.92 Å². The topological polar surface area (TPSA) is 80.0 Å². The second-order valence-electron chi connectivity index (χ2n) is 4.50. The largest absolute Gasteiger partial charge is 0.382 e. The molecule has 0 fully saturated rings. The van der Waals surface area contributed by atoms with Gasteiger partial charge in [-0.05, 0) is 19.3 Å². The lowest BCUT2D eigenvalue weighted by Crippen LogP contribution is -2.37. The van der Waals surface area contributed by atoms with E-state index in [2.05, 4.69) is 36.4 Å². The van der Waals surface area contributed by atoms with Crippen LogP contribution in [-0.2, 0) is 0 Å². The van der Waals surface area contributed by atoms with E-state index in [0.717, 1.165) is 13.0 Å². The van der Waals surface area contributed by atoms with Gasteiger partial charge in [0, 0.05) is 12.6 Å². The van der Waals surface area contributed by atoms with Gasteiger partial charge in [0.25, 0.3) is 5.91 Å². The van der Waals surface area contributed by atoms with Gasteiger partial charge in [-0.15, -0.1) is 0 Å². The van der Waals surface area contributed by atoms with Crippen molar-refractivity contribution in [3.63, 3.8) is 0 Å². The van der Waals surface area contributed by atoms with Crippen molar-refractivity contribution in [2.45, 2.75) is 40.2 Å². The van der Waals surface area contributed by atoms with E-state index in [0.29, 0.717) is 21.7 Å². The van der Waals surface area contributed by atoms with E-state index in [-0.39, 0.29) is 11.9 Å². The Bertz CT molecular complexity index is 403. The Hall–Kier alpha value is -1.30. The summed E-state index contributed by atoms with van der Waals surface area (Å²) < 4.78 is 0. The smallest absolute Gasteiger partial charge is 0.265 e. The van der Waals surface area contributed by atoms with Gasteiger partial charge in [-0.25, -0.2) is 4.98 Å². The molecule has 1 amide bonds. The van der Waals surface area contributed by atoms with Gasteiger partial charge in [0.15, 0.2) is 5.13 Å². The zero-order chi connectivity index (χ0) is 13.7. The molecule has 0 radical (unpaired) electrons. The second kappa shape index (κ2) is 6.58. The Kier molecular flexibility index (Phi) is 5.40. The minimum Gasteiger partial charge on any atom is -0.382 e. The molecule has 1 aromatic heterocycles. The van der Waals surface area contributed by atoms with Gasteiger partial charge in [-0.1, -0.05) is 32.1 Å². The van der Waals surface area contributed by atoms with Crippen LogP contribution in [0.15, 0.2) is 0 Å². The summed E-state index contributed by atoms with van der Waals surface area (Å²) in [6.07, 6.45) is 0.905. The summed E-state index contributed by atoms with van der Waals surface area (Å²) >= 11 is 1.30. The first-order valence-electron chi connectivity index (χ1n) is 6.30. The number of nitrogens with zero attached hydrogens (tertiary/aromatic N) is 1. The monoisotopic (exact) mass is 270 g/mol. The molecule has 18 heavy (non-hydrogen) atoms. The van der Waals surface area contributed by atoms with E-state index in [1.165, 1.54) is 11.3 Å². The molecule has 6 heteroatoms. The minimum atomic E-state index is -0.130. The molecule has 0 saturated carbocycles. The number of anilines is 2. The highest BCUT2D eigenvalue weighted by atomic mass is 32.1. The van der Waals surface area contributed by atoms with Crippen LogP contribution in [0.5, 0.6) is 0 Å². The predicted molar refractivity (Wildman–Crippen MR) is 77.1 cm³/mol. The van der Waals surface area contributed by atoms with E-state index in [9.17, 15) is 4.79 Å². The average Bonchev–Trinajstić information content (AvgIpc) is 2.67. The molecule has 4 N–H and O–H groups in total. The van der Waals surface area contributed by atoms with E-state index in [4.69, 9.17) is 5.73 Å². The molecule has 0 aliphatic rings. The Morgan fingerprint density at radius 2 is 2.11 bits per heavy atom. The SMILES string of the molecule is CCNc1nc(N)c(C(=O)NC(CC)C(C)C)s1. The van der Waals surface area contributed by atoms with Crippen LogP contribution in [-0.4, -0.2) is 23.5 Å². The number of nitrogens with two attached hydrogens (primary N) is 1. The molecule has 102 valence electrons. The van der Waals surface area contributed by atoms with Gasteiger partial charge in [-0.2, -0.15) is 0 Å². The van der Waals surface area contributed by atoms with Crippen molar-refractivity contribution >= 4 is 28.2 Å². The van der Waals surface area contributed by atoms with Gasteiger partial charge in [0.2, 0.25) is 0 Å². The van der Waals surface area contributed by atoms with Crippen LogP contribution in [0.1, 0.15) is 43.8 Å². The maximum absolute atomic E-state index is 12.1. The number of nitrogen functional groups attached to an aromatic ring is 1. The summed E-state index contributed by atoms with van der Waals surface area (Å²) in [5.41, 5.74) is 5.76. The van der Waals surface area contributed by atoms with Crippen LogP contribution in [0.3, 0.4) is 0 Å². The number of carbonyl (C=O) groups excluding carboxylic acids is 1. The van der Waals surface area contributed by atoms with Crippen molar-refractivity contribution in [1.29, 1.82) is 0 Å². The van der Waals surface area contributed by atoms with E-state index in [1.54, 1.807) is 0 Å². The number of amides is 1. The van der Waals surface area contributed by atoms with Crippen molar-refractivity contribution in [3.8, 4) is 0 Å². The number of hydrogen-bond acceptors (Lipinski definition) is 5. The summed E-state index contributed by atoms with van der Waals surface area (Å²) in [4.78, 5) is 16.7. The van der Waals surface area contributed by atoms with Crippen LogP contribution < -0.4 is 16.4 Å². The number of thiazole rings is 1. The third kappa shape index (κ3) is 3.60. The Balaban J connectivity index is 2.77. The van der Waals surface area contributed by atoms with Crippen LogP contribution in [0.25, 0.3) is 0 Å². The van der Waals surface area contributed by atoms with Gasteiger partial charge in [-0.3, -0.25) is 4.79 Å². The third-order valence-electron chi connectivity index (χ3n) is 2.75. The highest BCUT2D eigenvalue weighted by Crippen LogP contribution is 2.25. The molecule has 0 aliphatic heterocycles. The Morgan fingerprint density at radius 3 is 2.61 bits per heavy atom. The molecular weight excluding hydrogens is 248 g/mol. The zero-order valence-corrected chi connectivity index (χ0v) is 12.2. The number of hydrogen-bond donors (Lipinski definition) is 3. The lowest BCUT2D eigenvalue weighted by molar-refractivity contribution is 0.0929. The maximum atomic E-state index is 12.1. The first-order chi connectivity index (χ1) is 8.49. The van der Waals surface area contributed by atoms with Crippen LogP contribution in [0.2, 0.25) is 0 Å². The number of nitrogens with one attached hydrogen (secondary N) is 2. The predicted octanol–water partition coefficient (Wildman–Crippen LogP) is 2.32. The fourth-order valence-electron chi connectivity index (χ4n) is 1.70. The van der Waals surface area contributed by atoms with Crippen molar-refractivity contribution < 1.29 is 4.79 Å². The van der Waals surface area contributed by atoms with E-state index in [1.807, 2.05) is 6.92 Å². The van der Waals surface area contributed by atoms with Crippen LogP contribution >= 0.6 is 11.3 Å². The summed E-state index contributed by atoms with van der Waals surface area (Å²) in [6.45, 7) is 8.98. The maximum Gasteiger partial charge on any atom is 0.265 e. The molecule has 1 aromatic rings. The third-order valence-corrected chi connectivity index (χ3v) is 3.78. The number of carbonyl (C=O) groups is 1. The summed E-state index contributed by atoms with van der Waals surface area (Å²) in [7, 11) is 0. The van der Waals surface area contributed by atoms with Crippen molar-refractivity contribution in [3.05, 3.63) is 4.88 Å². The molecule has 0 aromatic carbocycles. The van der Waals surface area contributed by atoms with Crippen molar-refractivity contribution in [1.82, 2.24) is 10.3 Å². The Labute approximate surface area is 112 Å². The fraction of sp³-hybridized carbons (Fsp3) is 0.667. The molecule has 1 atom stereocenters. The summed E-state index contributed by atoms with van der Waals surface area (Å²) in [6, 6.07) is 0.168. The average molecular weight is 270 g/mol. The molecule has 5 nitrogen and oxygen atoms in total. The molecule has 1 unspecified atom stereocenters. The van der Waals surface area contributed by atoms with E-state index < -0.39 is 0 Å². The number of aromatic nitrogens is 1. The minimum absolute atomic E-state index is 0.130. The van der Waals surface area contributed by atoms with Gasteiger partial charge in [0.1, 0.15) is 10.7 Å². The lowest BCUT2D eigenvalue weighted by atomic mass is 10.0. The Morgan fingerprint density at radius 1 is 1.44 bits per heavy atom. The summed E-state index contributed by atoms with van der Waals surface area (Å²) in [5.74, 6) is 0.572. The van der Waals surface area contributed by atoms with Crippen LogP contribution in [0.4, 0.5) is 10.9 Å². The first kappa shape index (κ1) is 14.8. The normalized spacial score (nSPS) is 12.5. The van der Waals surface area contributed by atoms with Gasteiger partial charge >= 0.3 is 0 Å². The molecule has 0 saturated heterocycles. The second-order valence-corrected chi connectivity index (χ2v) is 5.50. The molecule has 0 spiro atoms. The molecule has 1 rings (SSSR count). The van der Waals surface area contributed by atoms with E-state index >= 15 is 0 Å². The molecule has 0 aliphatic carbocycles. The molecule has 0 bridgehead atoms. The lowest BCUT2D eigenvalue weighted by Gasteiger charge is -2.20. The summed E-state index contributed by atoms with van der Waals surface area (Å²) in [5, 5.41) is 6.76. The highest BCUT2D eigenvalue weighted by Gasteiger charge is 2.20. The van der Waals surface area contributed by atoms with Crippen molar-refractivity contribution in [2.75, 3.05) is 17.6 Å². The fourth-order valence-corrected chi connectivity index (χ4v) is 2.55. The molecule has 1 heterocycles.